The number of thioether (sulfide) groups is 1. The molecule has 8 nitrogen and oxygen atoms in total. The van der Waals surface area contributed by atoms with Gasteiger partial charge in [0.25, 0.3) is 0 Å². The summed E-state index contributed by atoms with van der Waals surface area (Å²) < 4.78 is 19.2. The zero-order valence-corrected chi connectivity index (χ0v) is 20.2. The first-order valence-electron chi connectivity index (χ1n) is 11.8. The molecule has 0 aliphatic carbocycles. The van der Waals surface area contributed by atoms with E-state index in [4.69, 9.17) is 4.74 Å². The molecule has 2 aliphatic heterocycles. The molecule has 0 saturated carbocycles. The molecule has 180 valence electrons. The topological polar surface area (TPSA) is 96.0 Å². The van der Waals surface area contributed by atoms with E-state index in [-0.39, 0.29) is 11.8 Å². The van der Waals surface area contributed by atoms with Crippen LogP contribution in [0.1, 0.15) is 39.0 Å². The third kappa shape index (κ3) is 6.60. The minimum atomic E-state index is -0.443. The molecule has 2 aromatic rings. The van der Waals surface area contributed by atoms with Gasteiger partial charge in [0.2, 0.25) is 17.8 Å². The molecule has 4 N–H and O–H groups in total. The van der Waals surface area contributed by atoms with Gasteiger partial charge in [-0.05, 0) is 68.2 Å². The standard InChI is InChI=1S/C23H34FN7OS/c1-3-18(19-5-4-10-25-19)28-23-30-21(26-14-15-8-11-33-12-9-15)29-22(31-23)27-16-6-7-20(32-2)17(24)13-16/h6-7,13,15,18-19,25H,3-5,8-12,14H2,1-2H3,(H3,26,27,28,29,30,31). The normalized spacial score (nSPS) is 19.8. The summed E-state index contributed by atoms with van der Waals surface area (Å²) in [5.41, 5.74) is 0.546. The second-order valence-electron chi connectivity index (χ2n) is 8.58. The molecule has 0 spiro atoms. The SMILES string of the molecule is CCC(Nc1nc(NCC2CCSCC2)nc(Nc2ccc(OC)c(F)c2)n1)C1CCCN1. The number of aromatic nitrogens is 3. The number of nitrogens with one attached hydrogen (secondary N) is 4. The highest BCUT2D eigenvalue weighted by Crippen LogP contribution is 2.25. The van der Waals surface area contributed by atoms with Gasteiger partial charge in [-0.15, -0.1) is 0 Å². The molecule has 10 heteroatoms. The Morgan fingerprint density at radius 2 is 1.94 bits per heavy atom. The summed E-state index contributed by atoms with van der Waals surface area (Å²) in [6.45, 7) is 4.04. The zero-order valence-electron chi connectivity index (χ0n) is 19.4. The Kier molecular flexibility index (Phi) is 8.44. The van der Waals surface area contributed by atoms with Crippen molar-refractivity contribution in [2.75, 3.05) is 47.7 Å². The number of ether oxygens (including phenoxy) is 1. The molecule has 1 aromatic carbocycles. The van der Waals surface area contributed by atoms with Crippen molar-refractivity contribution < 1.29 is 9.13 Å². The maximum Gasteiger partial charge on any atom is 0.233 e. The first-order valence-corrected chi connectivity index (χ1v) is 13.0. The monoisotopic (exact) mass is 475 g/mol. The van der Waals surface area contributed by atoms with Crippen LogP contribution in [0.3, 0.4) is 0 Å². The molecule has 2 fully saturated rings. The van der Waals surface area contributed by atoms with Gasteiger partial charge < -0.3 is 26.0 Å². The molecule has 2 aliphatic rings. The lowest BCUT2D eigenvalue weighted by Crippen LogP contribution is -2.40. The summed E-state index contributed by atoms with van der Waals surface area (Å²) in [6, 6.07) is 5.32. The Morgan fingerprint density at radius 3 is 2.64 bits per heavy atom. The van der Waals surface area contributed by atoms with Crippen molar-refractivity contribution in [2.24, 2.45) is 5.92 Å². The second kappa shape index (κ2) is 11.7. The van der Waals surface area contributed by atoms with Gasteiger partial charge in [0.1, 0.15) is 0 Å². The van der Waals surface area contributed by atoms with Gasteiger partial charge in [-0.25, -0.2) is 4.39 Å². The number of rotatable bonds is 10. The van der Waals surface area contributed by atoms with E-state index in [0.29, 0.717) is 35.5 Å². The van der Waals surface area contributed by atoms with E-state index in [1.165, 1.54) is 43.9 Å². The van der Waals surface area contributed by atoms with Gasteiger partial charge in [-0.2, -0.15) is 26.7 Å². The van der Waals surface area contributed by atoms with E-state index in [2.05, 4.69) is 43.1 Å². The second-order valence-corrected chi connectivity index (χ2v) is 9.80. The average molecular weight is 476 g/mol. The lowest BCUT2D eigenvalue weighted by Gasteiger charge is -2.24. The van der Waals surface area contributed by atoms with Gasteiger partial charge in [0, 0.05) is 30.4 Å². The number of hydrogen-bond acceptors (Lipinski definition) is 9. The molecule has 0 radical (unpaired) electrons. The zero-order chi connectivity index (χ0) is 23.0. The van der Waals surface area contributed by atoms with E-state index >= 15 is 0 Å². The Bertz CT molecular complexity index is 906. The van der Waals surface area contributed by atoms with Gasteiger partial charge in [-0.3, -0.25) is 0 Å². The number of methoxy groups -OCH3 is 1. The third-order valence-corrected chi connectivity index (χ3v) is 7.32. The van der Waals surface area contributed by atoms with Crippen LogP contribution in [-0.4, -0.2) is 58.7 Å². The van der Waals surface area contributed by atoms with Gasteiger partial charge in [0.15, 0.2) is 11.6 Å². The van der Waals surface area contributed by atoms with E-state index in [1.807, 2.05) is 11.8 Å². The quantitative estimate of drug-likeness (QED) is 0.402. The van der Waals surface area contributed by atoms with Crippen molar-refractivity contribution in [1.29, 1.82) is 0 Å². The van der Waals surface area contributed by atoms with Crippen LogP contribution in [0.15, 0.2) is 18.2 Å². The molecule has 1 aromatic heterocycles. The largest absolute Gasteiger partial charge is 0.494 e. The molecular weight excluding hydrogens is 441 g/mol. The Morgan fingerprint density at radius 1 is 1.15 bits per heavy atom. The Labute approximate surface area is 199 Å². The summed E-state index contributed by atoms with van der Waals surface area (Å²) in [5.74, 6) is 4.20. The molecule has 2 unspecified atom stereocenters. The smallest absolute Gasteiger partial charge is 0.233 e. The predicted molar refractivity (Wildman–Crippen MR) is 133 cm³/mol. The summed E-state index contributed by atoms with van der Waals surface area (Å²) >= 11 is 2.02. The van der Waals surface area contributed by atoms with Gasteiger partial charge in [-0.1, -0.05) is 6.92 Å². The highest BCUT2D eigenvalue weighted by Gasteiger charge is 2.24. The molecular formula is C23H34FN7OS. The highest BCUT2D eigenvalue weighted by atomic mass is 32.2. The number of benzene rings is 1. The van der Waals surface area contributed by atoms with Crippen LogP contribution >= 0.6 is 11.8 Å². The van der Waals surface area contributed by atoms with Gasteiger partial charge >= 0.3 is 0 Å². The van der Waals surface area contributed by atoms with E-state index in [1.54, 1.807) is 12.1 Å². The van der Waals surface area contributed by atoms with Crippen LogP contribution in [0.5, 0.6) is 5.75 Å². The van der Waals surface area contributed by atoms with E-state index < -0.39 is 5.82 Å². The molecule has 2 atom stereocenters. The van der Waals surface area contributed by atoms with E-state index in [0.717, 1.165) is 25.9 Å². The van der Waals surface area contributed by atoms with Crippen LogP contribution in [0.25, 0.3) is 0 Å². The molecule has 33 heavy (non-hydrogen) atoms. The molecule has 0 bridgehead atoms. The minimum absolute atomic E-state index is 0.196. The number of nitrogens with zero attached hydrogens (tertiary/aromatic N) is 3. The van der Waals surface area contributed by atoms with Crippen LogP contribution in [0.2, 0.25) is 0 Å². The first-order chi connectivity index (χ1) is 16.1. The molecule has 2 saturated heterocycles. The van der Waals surface area contributed by atoms with Crippen LogP contribution in [-0.2, 0) is 0 Å². The Hall–Kier alpha value is -2.33. The third-order valence-electron chi connectivity index (χ3n) is 6.27. The lowest BCUT2D eigenvalue weighted by atomic mass is 10.0. The highest BCUT2D eigenvalue weighted by molar-refractivity contribution is 7.99. The fourth-order valence-electron chi connectivity index (χ4n) is 4.34. The maximum absolute atomic E-state index is 14.2. The first kappa shape index (κ1) is 23.8. The van der Waals surface area contributed by atoms with Crippen molar-refractivity contribution in [3.63, 3.8) is 0 Å². The molecule has 3 heterocycles. The molecule has 0 amide bonds. The minimum Gasteiger partial charge on any atom is -0.494 e. The van der Waals surface area contributed by atoms with Crippen molar-refractivity contribution in [3.8, 4) is 5.75 Å². The molecule has 4 rings (SSSR count). The number of anilines is 4. The van der Waals surface area contributed by atoms with Gasteiger partial charge in [0.05, 0.1) is 7.11 Å². The number of halogens is 1. The summed E-state index contributed by atoms with van der Waals surface area (Å²) in [4.78, 5) is 13.8. The van der Waals surface area contributed by atoms with Crippen molar-refractivity contribution in [3.05, 3.63) is 24.0 Å². The van der Waals surface area contributed by atoms with Crippen LogP contribution in [0.4, 0.5) is 27.9 Å². The fraction of sp³-hybridized carbons (Fsp3) is 0.609. The summed E-state index contributed by atoms with van der Waals surface area (Å²) in [7, 11) is 1.45. The van der Waals surface area contributed by atoms with E-state index in [9.17, 15) is 4.39 Å². The lowest BCUT2D eigenvalue weighted by molar-refractivity contribution is 0.386. The Balaban J connectivity index is 1.52. The summed E-state index contributed by atoms with van der Waals surface area (Å²) in [6.07, 6.45) is 5.68. The van der Waals surface area contributed by atoms with Crippen LogP contribution < -0.4 is 26.0 Å². The van der Waals surface area contributed by atoms with Crippen LogP contribution in [0, 0.1) is 11.7 Å². The fourth-order valence-corrected chi connectivity index (χ4v) is 5.55. The average Bonchev–Trinajstić information content (AvgIpc) is 3.37. The predicted octanol–water partition coefficient (Wildman–Crippen LogP) is 4.26. The van der Waals surface area contributed by atoms with Crippen molar-refractivity contribution in [2.45, 2.75) is 51.1 Å². The van der Waals surface area contributed by atoms with Crippen molar-refractivity contribution in [1.82, 2.24) is 20.3 Å². The maximum atomic E-state index is 14.2. The van der Waals surface area contributed by atoms with Crippen molar-refractivity contribution >= 4 is 35.3 Å². The number of hydrogen-bond donors (Lipinski definition) is 4. The summed E-state index contributed by atoms with van der Waals surface area (Å²) in [5, 5.41) is 13.6.